The summed E-state index contributed by atoms with van der Waals surface area (Å²) in [6.07, 6.45) is 8.08. The maximum Gasteiger partial charge on any atom is 0.174 e. The van der Waals surface area contributed by atoms with E-state index in [0.29, 0.717) is 17.5 Å². The van der Waals surface area contributed by atoms with Crippen LogP contribution in [0.2, 0.25) is 0 Å². The predicted octanol–water partition coefficient (Wildman–Crippen LogP) is 1.71. The summed E-state index contributed by atoms with van der Waals surface area (Å²) in [6, 6.07) is 6.80. The molecule has 0 fully saturated rings. The van der Waals surface area contributed by atoms with Crippen molar-refractivity contribution in [2.75, 3.05) is 5.43 Å². The van der Waals surface area contributed by atoms with Gasteiger partial charge < -0.3 is 10.2 Å². The SMILES string of the molecule is NNc1cccc(C(=O)C(C=O)C2C=CC=C2)c1. The van der Waals surface area contributed by atoms with Gasteiger partial charge in [0.15, 0.2) is 5.78 Å². The molecule has 0 saturated heterocycles. The van der Waals surface area contributed by atoms with Gasteiger partial charge in [-0.05, 0) is 12.1 Å². The quantitative estimate of drug-likeness (QED) is 0.271. The first-order valence-corrected chi connectivity index (χ1v) is 5.67. The topological polar surface area (TPSA) is 72.2 Å². The molecule has 0 saturated carbocycles. The number of benzene rings is 1. The number of rotatable bonds is 5. The second-order valence-electron chi connectivity index (χ2n) is 4.10. The number of ketones is 1. The van der Waals surface area contributed by atoms with Crippen LogP contribution in [0.15, 0.2) is 48.6 Å². The van der Waals surface area contributed by atoms with Gasteiger partial charge >= 0.3 is 0 Å². The lowest BCUT2D eigenvalue weighted by Crippen LogP contribution is -2.22. The molecule has 1 atom stereocenters. The number of carbonyl (C=O) groups is 2. The van der Waals surface area contributed by atoms with Gasteiger partial charge in [0.2, 0.25) is 0 Å². The van der Waals surface area contributed by atoms with Crippen molar-refractivity contribution in [3.05, 3.63) is 54.1 Å². The highest BCUT2D eigenvalue weighted by atomic mass is 16.1. The van der Waals surface area contributed by atoms with Crippen molar-refractivity contribution in [1.29, 1.82) is 0 Å². The van der Waals surface area contributed by atoms with Gasteiger partial charge in [-0.25, -0.2) is 0 Å². The third-order valence-electron chi connectivity index (χ3n) is 2.96. The van der Waals surface area contributed by atoms with Crippen LogP contribution in [0.25, 0.3) is 0 Å². The zero-order chi connectivity index (χ0) is 13.0. The highest BCUT2D eigenvalue weighted by Gasteiger charge is 2.26. The lowest BCUT2D eigenvalue weighted by Gasteiger charge is -2.14. The Labute approximate surface area is 105 Å². The molecule has 3 N–H and O–H groups in total. The summed E-state index contributed by atoms with van der Waals surface area (Å²) in [6.45, 7) is 0. The molecular formula is C14H14N2O2. The molecule has 2 rings (SSSR count). The third kappa shape index (κ3) is 2.38. The lowest BCUT2D eigenvalue weighted by molar-refractivity contribution is -0.110. The molecule has 92 valence electrons. The number of nitrogens with one attached hydrogen (secondary N) is 1. The maximum absolute atomic E-state index is 12.3. The largest absolute Gasteiger partial charge is 0.324 e. The average Bonchev–Trinajstić information content (AvgIpc) is 2.93. The molecule has 0 heterocycles. The molecule has 18 heavy (non-hydrogen) atoms. The lowest BCUT2D eigenvalue weighted by atomic mass is 9.87. The van der Waals surface area contributed by atoms with E-state index >= 15 is 0 Å². The number of nitrogens with two attached hydrogens (primary N) is 1. The monoisotopic (exact) mass is 242 g/mol. The van der Waals surface area contributed by atoms with Gasteiger partial charge in [-0.15, -0.1) is 0 Å². The van der Waals surface area contributed by atoms with E-state index in [4.69, 9.17) is 5.84 Å². The Morgan fingerprint density at radius 1 is 1.33 bits per heavy atom. The Morgan fingerprint density at radius 3 is 2.67 bits per heavy atom. The van der Waals surface area contributed by atoms with Crippen LogP contribution in [-0.2, 0) is 4.79 Å². The van der Waals surface area contributed by atoms with Crippen molar-refractivity contribution in [2.45, 2.75) is 0 Å². The predicted molar refractivity (Wildman–Crippen MR) is 69.9 cm³/mol. The zero-order valence-corrected chi connectivity index (χ0v) is 9.74. The summed E-state index contributed by atoms with van der Waals surface area (Å²) >= 11 is 0. The van der Waals surface area contributed by atoms with Gasteiger partial charge in [0, 0.05) is 17.2 Å². The van der Waals surface area contributed by atoms with Gasteiger partial charge in [0.25, 0.3) is 0 Å². The first-order chi connectivity index (χ1) is 8.76. The van der Waals surface area contributed by atoms with E-state index in [-0.39, 0.29) is 11.7 Å². The zero-order valence-electron chi connectivity index (χ0n) is 9.74. The summed E-state index contributed by atoms with van der Waals surface area (Å²) in [7, 11) is 0. The number of anilines is 1. The number of carbonyl (C=O) groups excluding carboxylic acids is 2. The molecule has 4 nitrogen and oxygen atoms in total. The van der Waals surface area contributed by atoms with Gasteiger partial charge in [-0.2, -0.15) is 0 Å². The number of hydrazine groups is 1. The van der Waals surface area contributed by atoms with Crippen LogP contribution in [0.4, 0.5) is 5.69 Å². The van der Waals surface area contributed by atoms with E-state index < -0.39 is 5.92 Å². The van der Waals surface area contributed by atoms with E-state index in [1.165, 1.54) is 0 Å². The summed E-state index contributed by atoms with van der Waals surface area (Å²) in [5.41, 5.74) is 3.60. The minimum Gasteiger partial charge on any atom is -0.324 e. The normalized spacial score (nSPS) is 15.6. The van der Waals surface area contributed by atoms with Gasteiger partial charge in [-0.3, -0.25) is 10.6 Å². The minimum absolute atomic E-state index is 0.149. The van der Waals surface area contributed by atoms with Crippen molar-refractivity contribution in [2.24, 2.45) is 17.7 Å². The molecule has 4 heteroatoms. The van der Waals surface area contributed by atoms with E-state index in [9.17, 15) is 9.59 Å². The Balaban J connectivity index is 2.25. The molecule has 0 amide bonds. The minimum atomic E-state index is -0.673. The highest BCUT2D eigenvalue weighted by molar-refractivity contribution is 6.06. The van der Waals surface area contributed by atoms with Crippen molar-refractivity contribution in [3.63, 3.8) is 0 Å². The summed E-state index contributed by atoms with van der Waals surface area (Å²) in [4.78, 5) is 23.4. The van der Waals surface area contributed by atoms with E-state index in [2.05, 4.69) is 5.43 Å². The number of aldehydes is 1. The molecule has 1 aliphatic carbocycles. The number of hydrogen-bond acceptors (Lipinski definition) is 4. The second-order valence-corrected chi connectivity index (χ2v) is 4.10. The summed E-state index contributed by atoms with van der Waals surface area (Å²) in [5, 5.41) is 0. The van der Waals surface area contributed by atoms with Gasteiger partial charge in [0.05, 0.1) is 5.92 Å². The summed E-state index contributed by atoms with van der Waals surface area (Å²) < 4.78 is 0. The van der Waals surface area contributed by atoms with Crippen molar-refractivity contribution >= 4 is 17.8 Å². The fourth-order valence-corrected chi connectivity index (χ4v) is 1.97. The number of nitrogen functional groups attached to an aromatic ring is 1. The molecule has 1 aromatic rings. The summed E-state index contributed by atoms with van der Waals surface area (Å²) in [5.74, 6) is 4.28. The smallest absolute Gasteiger partial charge is 0.174 e. The van der Waals surface area contributed by atoms with E-state index in [1.807, 2.05) is 24.3 Å². The number of Topliss-reactive ketones (excluding diaryl/α,β-unsaturated/α-hetero) is 1. The van der Waals surface area contributed by atoms with Crippen LogP contribution in [0.1, 0.15) is 10.4 Å². The fraction of sp³-hybridized carbons (Fsp3) is 0.143. The standard InChI is InChI=1S/C14H14N2O2/c15-16-12-7-3-6-11(8-12)14(18)13(9-17)10-4-1-2-5-10/h1-10,13,16H,15H2. The molecule has 0 radical (unpaired) electrons. The molecule has 0 aromatic heterocycles. The van der Waals surface area contributed by atoms with Crippen LogP contribution in [0.5, 0.6) is 0 Å². The Morgan fingerprint density at radius 2 is 2.06 bits per heavy atom. The maximum atomic E-state index is 12.3. The van der Waals surface area contributed by atoms with Gasteiger partial charge in [0.1, 0.15) is 6.29 Å². The Hall–Kier alpha value is -2.20. The van der Waals surface area contributed by atoms with Crippen LogP contribution < -0.4 is 11.3 Å². The van der Waals surface area contributed by atoms with Crippen molar-refractivity contribution in [1.82, 2.24) is 0 Å². The second kappa shape index (κ2) is 5.42. The van der Waals surface area contributed by atoms with Crippen LogP contribution in [0.3, 0.4) is 0 Å². The van der Waals surface area contributed by atoms with Crippen LogP contribution in [-0.4, -0.2) is 12.1 Å². The molecule has 1 unspecified atom stereocenters. The van der Waals surface area contributed by atoms with E-state index in [0.717, 1.165) is 0 Å². The molecule has 0 bridgehead atoms. The number of allylic oxidation sites excluding steroid dienone is 4. The van der Waals surface area contributed by atoms with E-state index in [1.54, 1.807) is 24.3 Å². The first-order valence-electron chi connectivity index (χ1n) is 5.67. The number of hydrogen-bond donors (Lipinski definition) is 2. The van der Waals surface area contributed by atoms with Crippen LogP contribution in [0, 0.1) is 11.8 Å². The third-order valence-corrected chi connectivity index (χ3v) is 2.96. The highest BCUT2D eigenvalue weighted by Crippen LogP contribution is 2.23. The Bertz CT molecular complexity index is 508. The molecule has 0 spiro atoms. The molecular weight excluding hydrogens is 228 g/mol. The average molecular weight is 242 g/mol. The van der Waals surface area contributed by atoms with Crippen molar-refractivity contribution < 1.29 is 9.59 Å². The molecule has 1 aliphatic rings. The van der Waals surface area contributed by atoms with Crippen LogP contribution >= 0.6 is 0 Å². The molecule has 1 aromatic carbocycles. The first kappa shape index (κ1) is 12.3. The van der Waals surface area contributed by atoms with Gasteiger partial charge in [-0.1, -0.05) is 36.4 Å². The molecule has 0 aliphatic heterocycles. The Kier molecular flexibility index (Phi) is 3.69. The fourth-order valence-electron chi connectivity index (χ4n) is 1.97. The van der Waals surface area contributed by atoms with Crippen molar-refractivity contribution in [3.8, 4) is 0 Å².